The maximum atomic E-state index is 11.8. The predicted octanol–water partition coefficient (Wildman–Crippen LogP) is 1.97. The zero-order valence-electron chi connectivity index (χ0n) is 9.86. The Labute approximate surface area is 96.3 Å². The molecule has 0 spiro atoms. The first-order valence-electron chi connectivity index (χ1n) is 5.69. The number of pyridine rings is 1. The van der Waals surface area contributed by atoms with Crippen LogP contribution in [0.3, 0.4) is 0 Å². The number of carbonyl (C=O) groups excluding carboxylic acids is 1. The van der Waals surface area contributed by atoms with Crippen molar-refractivity contribution in [3.63, 3.8) is 0 Å². The number of amides is 1. The zero-order chi connectivity index (χ0) is 12.0. The van der Waals surface area contributed by atoms with Crippen LogP contribution in [0, 0.1) is 0 Å². The van der Waals surface area contributed by atoms with Gasteiger partial charge in [0.1, 0.15) is 5.82 Å². The minimum atomic E-state index is -0.0761. The largest absolute Gasteiger partial charge is 0.384 e. The molecular weight excluding hydrogens is 202 g/mol. The summed E-state index contributed by atoms with van der Waals surface area (Å²) in [5, 5.41) is 2.98. The maximum Gasteiger partial charge on any atom is 0.253 e. The first-order chi connectivity index (χ1) is 7.67. The number of anilines is 1. The van der Waals surface area contributed by atoms with E-state index in [2.05, 4.69) is 24.1 Å². The van der Waals surface area contributed by atoms with Crippen LogP contribution in [-0.2, 0) is 0 Å². The van der Waals surface area contributed by atoms with Crippen molar-refractivity contribution in [1.82, 2.24) is 10.3 Å². The van der Waals surface area contributed by atoms with E-state index in [1.54, 1.807) is 12.1 Å². The van der Waals surface area contributed by atoms with Gasteiger partial charge < -0.3 is 11.1 Å². The van der Waals surface area contributed by atoms with Gasteiger partial charge in [0, 0.05) is 12.2 Å². The van der Waals surface area contributed by atoms with Crippen LogP contribution in [0.1, 0.15) is 43.5 Å². The molecule has 88 valence electrons. The molecule has 0 aliphatic heterocycles. The molecule has 1 aromatic rings. The molecule has 1 heterocycles. The molecule has 0 fully saturated rings. The summed E-state index contributed by atoms with van der Waals surface area (Å²) < 4.78 is 0. The third-order valence-corrected chi connectivity index (χ3v) is 2.51. The summed E-state index contributed by atoms with van der Waals surface area (Å²) in [5.41, 5.74) is 6.02. The molecule has 1 aromatic heterocycles. The summed E-state index contributed by atoms with van der Waals surface area (Å²) in [4.78, 5) is 15.7. The zero-order valence-corrected chi connectivity index (χ0v) is 9.86. The van der Waals surface area contributed by atoms with Crippen molar-refractivity contribution in [2.24, 2.45) is 0 Å². The van der Waals surface area contributed by atoms with Crippen molar-refractivity contribution in [1.29, 1.82) is 0 Å². The van der Waals surface area contributed by atoms with Crippen LogP contribution >= 0.6 is 0 Å². The van der Waals surface area contributed by atoms with Crippen molar-refractivity contribution < 1.29 is 4.79 Å². The normalized spacial score (nSPS) is 12.1. The Bertz CT molecular complexity index is 335. The van der Waals surface area contributed by atoms with Crippen molar-refractivity contribution >= 4 is 11.7 Å². The van der Waals surface area contributed by atoms with Gasteiger partial charge in [0.05, 0.1) is 5.56 Å². The van der Waals surface area contributed by atoms with E-state index in [0.29, 0.717) is 11.4 Å². The monoisotopic (exact) mass is 221 g/mol. The Morgan fingerprint density at radius 1 is 1.50 bits per heavy atom. The van der Waals surface area contributed by atoms with E-state index in [-0.39, 0.29) is 11.9 Å². The highest BCUT2D eigenvalue weighted by Crippen LogP contribution is 2.05. The molecular formula is C12H19N3O. The van der Waals surface area contributed by atoms with Crippen LogP contribution in [0.15, 0.2) is 18.3 Å². The number of nitrogens with zero attached hydrogens (tertiary/aromatic N) is 1. The molecule has 0 aliphatic rings. The molecule has 1 unspecified atom stereocenters. The highest BCUT2D eigenvalue weighted by Gasteiger charge is 2.11. The van der Waals surface area contributed by atoms with Gasteiger partial charge in [-0.25, -0.2) is 4.98 Å². The van der Waals surface area contributed by atoms with E-state index >= 15 is 0 Å². The number of nitrogens with one attached hydrogen (secondary N) is 1. The van der Waals surface area contributed by atoms with Crippen molar-refractivity contribution in [3.8, 4) is 0 Å². The Morgan fingerprint density at radius 3 is 2.75 bits per heavy atom. The van der Waals surface area contributed by atoms with Crippen LogP contribution < -0.4 is 11.1 Å². The molecule has 0 saturated heterocycles. The number of carbonyl (C=O) groups is 1. The fourth-order valence-corrected chi connectivity index (χ4v) is 1.54. The van der Waals surface area contributed by atoms with Crippen LogP contribution in [0.5, 0.6) is 0 Å². The molecule has 0 aliphatic carbocycles. The minimum Gasteiger partial charge on any atom is -0.384 e. The maximum absolute atomic E-state index is 11.8. The number of hydrogen-bond acceptors (Lipinski definition) is 3. The topological polar surface area (TPSA) is 68.0 Å². The number of nitrogens with two attached hydrogens (primary N) is 1. The molecule has 0 radical (unpaired) electrons. The fourth-order valence-electron chi connectivity index (χ4n) is 1.54. The lowest BCUT2D eigenvalue weighted by molar-refractivity contribution is 0.0933. The summed E-state index contributed by atoms with van der Waals surface area (Å²) >= 11 is 0. The first kappa shape index (κ1) is 12.5. The summed E-state index contributed by atoms with van der Waals surface area (Å²) in [6.07, 6.45) is 4.52. The summed E-state index contributed by atoms with van der Waals surface area (Å²) in [7, 11) is 0. The van der Waals surface area contributed by atoms with Gasteiger partial charge in [-0.05, 0) is 25.0 Å². The Balaban J connectivity index is 2.60. The number of rotatable bonds is 5. The van der Waals surface area contributed by atoms with Crippen molar-refractivity contribution in [2.45, 2.75) is 39.2 Å². The van der Waals surface area contributed by atoms with E-state index in [9.17, 15) is 4.79 Å². The van der Waals surface area contributed by atoms with Crippen molar-refractivity contribution in [2.75, 3.05) is 5.73 Å². The van der Waals surface area contributed by atoms with Gasteiger partial charge in [-0.15, -0.1) is 0 Å². The van der Waals surface area contributed by atoms with Crippen molar-refractivity contribution in [3.05, 3.63) is 23.9 Å². The molecule has 1 atom stereocenters. The highest BCUT2D eigenvalue weighted by atomic mass is 16.1. The second-order valence-corrected chi connectivity index (χ2v) is 3.84. The minimum absolute atomic E-state index is 0.0761. The van der Waals surface area contributed by atoms with E-state index < -0.39 is 0 Å². The van der Waals surface area contributed by atoms with Gasteiger partial charge >= 0.3 is 0 Å². The van der Waals surface area contributed by atoms with E-state index in [1.807, 2.05) is 0 Å². The molecule has 0 bridgehead atoms. The smallest absolute Gasteiger partial charge is 0.253 e. The summed E-state index contributed by atoms with van der Waals surface area (Å²) in [6, 6.07) is 3.57. The molecule has 3 N–H and O–H groups in total. The van der Waals surface area contributed by atoms with Gasteiger partial charge in [-0.2, -0.15) is 0 Å². The average Bonchev–Trinajstić information content (AvgIpc) is 2.29. The second-order valence-electron chi connectivity index (χ2n) is 3.84. The SMILES string of the molecule is CCCC(CC)NC(=O)c1ccc(N)nc1. The van der Waals surface area contributed by atoms with Gasteiger partial charge in [0.2, 0.25) is 0 Å². The lowest BCUT2D eigenvalue weighted by atomic mass is 10.1. The Hall–Kier alpha value is -1.58. The molecule has 4 nitrogen and oxygen atoms in total. The van der Waals surface area contributed by atoms with Gasteiger partial charge in [0.15, 0.2) is 0 Å². The Morgan fingerprint density at radius 2 is 2.25 bits per heavy atom. The van der Waals surface area contributed by atoms with Gasteiger partial charge in [-0.3, -0.25) is 4.79 Å². The molecule has 1 rings (SSSR count). The van der Waals surface area contributed by atoms with E-state index in [1.165, 1.54) is 6.20 Å². The Kier molecular flexibility index (Phi) is 4.76. The number of aromatic nitrogens is 1. The predicted molar refractivity (Wildman–Crippen MR) is 65.1 cm³/mol. The molecule has 0 aromatic carbocycles. The van der Waals surface area contributed by atoms with Gasteiger partial charge in [0.25, 0.3) is 5.91 Å². The summed E-state index contributed by atoms with van der Waals surface area (Å²) in [5.74, 6) is 0.352. The number of hydrogen-bond donors (Lipinski definition) is 2. The second kappa shape index (κ2) is 6.10. The van der Waals surface area contributed by atoms with Crippen LogP contribution in [0.25, 0.3) is 0 Å². The standard InChI is InChI=1S/C12H19N3O/c1-3-5-10(4-2)15-12(16)9-6-7-11(13)14-8-9/h6-8,10H,3-5H2,1-2H3,(H2,13,14)(H,15,16). The van der Waals surface area contributed by atoms with E-state index in [0.717, 1.165) is 19.3 Å². The first-order valence-corrected chi connectivity index (χ1v) is 5.69. The molecule has 0 saturated carbocycles. The lowest BCUT2D eigenvalue weighted by Crippen LogP contribution is -2.34. The third-order valence-electron chi connectivity index (χ3n) is 2.51. The van der Waals surface area contributed by atoms with Crippen LogP contribution in [-0.4, -0.2) is 16.9 Å². The lowest BCUT2D eigenvalue weighted by Gasteiger charge is -2.15. The fraction of sp³-hybridized carbons (Fsp3) is 0.500. The number of nitrogen functional groups attached to an aromatic ring is 1. The van der Waals surface area contributed by atoms with Crippen LogP contribution in [0.2, 0.25) is 0 Å². The highest BCUT2D eigenvalue weighted by molar-refractivity contribution is 5.94. The average molecular weight is 221 g/mol. The third kappa shape index (κ3) is 3.53. The van der Waals surface area contributed by atoms with Gasteiger partial charge in [-0.1, -0.05) is 20.3 Å². The molecule has 1 amide bonds. The van der Waals surface area contributed by atoms with E-state index in [4.69, 9.17) is 5.73 Å². The van der Waals surface area contributed by atoms with Crippen LogP contribution in [0.4, 0.5) is 5.82 Å². The summed E-state index contributed by atoms with van der Waals surface area (Å²) in [6.45, 7) is 4.18. The molecule has 4 heteroatoms. The quantitative estimate of drug-likeness (QED) is 0.798. The molecule has 16 heavy (non-hydrogen) atoms.